The molecule has 3 aromatic rings. The summed E-state index contributed by atoms with van der Waals surface area (Å²) in [6, 6.07) is 10.5. The van der Waals surface area contributed by atoms with Crippen molar-refractivity contribution in [2.24, 2.45) is 0 Å². The zero-order valence-electron chi connectivity index (χ0n) is 16.4. The van der Waals surface area contributed by atoms with Gasteiger partial charge in [0.05, 0.1) is 6.54 Å². The van der Waals surface area contributed by atoms with E-state index in [4.69, 9.17) is 4.74 Å². The number of aliphatic hydroxyl groups excluding tert-OH is 1. The Balaban J connectivity index is 1.79. The highest BCUT2D eigenvalue weighted by atomic mass is 16.5. The number of para-hydroxylation sites is 1. The van der Waals surface area contributed by atoms with E-state index in [1.807, 2.05) is 32.0 Å². The van der Waals surface area contributed by atoms with E-state index in [1.54, 1.807) is 0 Å². The Kier molecular flexibility index (Phi) is 5.33. The first-order valence-corrected chi connectivity index (χ1v) is 9.27. The SMILES string of the molecule is CCn1c[n+](CC(O)COc2c(C)cccc2C)c2cc(C)c(C)cc21. The average Bonchev–Trinajstić information content (AvgIpc) is 2.91. The number of nitrogens with zero attached hydrogens (tertiary/aromatic N) is 2. The number of aromatic nitrogens is 2. The number of imidazole rings is 1. The maximum atomic E-state index is 10.6. The maximum Gasteiger partial charge on any atom is 0.244 e. The van der Waals surface area contributed by atoms with Gasteiger partial charge in [0.2, 0.25) is 6.33 Å². The quantitative estimate of drug-likeness (QED) is 0.687. The normalized spacial score (nSPS) is 12.5. The average molecular weight is 353 g/mol. The predicted molar refractivity (Wildman–Crippen MR) is 105 cm³/mol. The summed E-state index contributed by atoms with van der Waals surface area (Å²) in [4.78, 5) is 0. The van der Waals surface area contributed by atoms with E-state index in [-0.39, 0.29) is 6.61 Å². The number of fused-ring (bicyclic) bond motifs is 1. The van der Waals surface area contributed by atoms with Gasteiger partial charge in [0, 0.05) is 0 Å². The highest BCUT2D eigenvalue weighted by Crippen LogP contribution is 2.22. The second kappa shape index (κ2) is 7.50. The highest BCUT2D eigenvalue weighted by molar-refractivity contribution is 5.74. The molecule has 0 radical (unpaired) electrons. The third-order valence-corrected chi connectivity index (χ3v) is 5.07. The van der Waals surface area contributed by atoms with Crippen LogP contribution < -0.4 is 9.30 Å². The molecule has 0 saturated carbocycles. The Morgan fingerprint density at radius 2 is 1.69 bits per heavy atom. The molecule has 3 rings (SSSR count). The second-order valence-electron chi connectivity index (χ2n) is 7.16. The molecule has 0 amide bonds. The maximum absolute atomic E-state index is 10.6. The number of aliphatic hydroxyl groups is 1. The minimum absolute atomic E-state index is 0.280. The van der Waals surface area contributed by atoms with E-state index in [0.717, 1.165) is 28.9 Å². The van der Waals surface area contributed by atoms with Crippen molar-refractivity contribution in [2.75, 3.05) is 6.61 Å². The lowest BCUT2D eigenvalue weighted by Crippen LogP contribution is -2.41. The Hall–Kier alpha value is -2.33. The molecule has 4 heteroatoms. The molecular weight excluding hydrogens is 324 g/mol. The van der Waals surface area contributed by atoms with Crippen molar-refractivity contribution in [3.63, 3.8) is 0 Å². The van der Waals surface area contributed by atoms with Crippen LogP contribution in [0.1, 0.15) is 29.2 Å². The lowest BCUT2D eigenvalue weighted by Gasteiger charge is -2.14. The van der Waals surface area contributed by atoms with Crippen LogP contribution in [0.2, 0.25) is 0 Å². The summed E-state index contributed by atoms with van der Waals surface area (Å²) >= 11 is 0. The van der Waals surface area contributed by atoms with Gasteiger partial charge in [-0.25, -0.2) is 9.13 Å². The predicted octanol–water partition coefficient (Wildman–Crippen LogP) is 3.62. The third kappa shape index (κ3) is 3.61. The molecular formula is C22H29N2O2+. The lowest BCUT2D eigenvalue weighted by atomic mass is 10.1. The van der Waals surface area contributed by atoms with Crippen molar-refractivity contribution in [1.82, 2.24) is 4.57 Å². The first kappa shape index (κ1) is 18.5. The van der Waals surface area contributed by atoms with Crippen LogP contribution in [0.5, 0.6) is 5.75 Å². The summed E-state index contributed by atoms with van der Waals surface area (Å²) in [5, 5.41) is 10.6. The number of rotatable bonds is 6. The van der Waals surface area contributed by atoms with Crippen molar-refractivity contribution in [3.8, 4) is 5.75 Å². The van der Waals surface area contributed by atoms with Gasteiger partial charge >= 0.3 is 0 Å². The summed E-state index contributed by atoms with van der Waals surface area (Å²) in [6.07, 6.45) is 1.52. The molecule has 1 N–H and O–H groups in total. The molecule has 0 bridgehead atoms. The molecule has 26 heavy (non-hydrogen) atoms. The van der Waals surface area contributed by atoms with E-state index in [0.29, 0.717) is 6.54 Å². The Bertz CT molecular complexity index is 907. The van der Waals surface area contributed by atoms with Crippen LogP contribution in [0.3, 0.4) is 0 Å². The number of aryl methyl sites for hydroxylation is 5. The first-order valence-electron chi connectivity index (χ1n) is 9.27. The van der Waals surface area contributed by atoms with Gasteiger partial charge in [0.25, 0.3) is 0 Å². The third-order valence-electron chi connectivity index (χ3n) is 5.07. The van der Waals surface area contributed by atoms with Gasteiger partial charge in [-0.2, -0.15) is 0 Å². The molecule has 138 valence electrons. The molecule has 0 aliphatic rings. The monoisotopic (exact) mass is 353 g/mol. The number of hydrogen-bond acceptors (Lipinski definition) is 2. The van der Waals surface area contributed by atoms with Gasteiger partial charge in [0.15, 0.2) is 11.0 Å². The number of benzene rings is 2. The molecule has 4 nitrogen and oxygen atoms in total. The molecule has 0 aliphatic heterocycles. The minimum atomic E-state index is -0.573. The van der Waals surface area contributed by atoms with Crippen LogP contribution in [0, 0.1) is 27.7 Å². The zero-order chi connectivity index (χ0) is 18.8. The summed E-state index contributed by atoms with van der Waals surface area (Å²) in [5.74, 6) is 0.874. The van der Waals surface area contributed by atoms with Crippen molar-refractivity contribution in [2.45, 2.75) is 53.8 Å². The van der Waals surface area contributed by atoms with E-state index >= 15 is 0 Å². The molecule has 1 aromatic heterocycles. The topological polar surface area (TPSA) is 38.3 Å². The summed E-state index contributed by atoms with van der Waals surface area (Å²) in [5.41, 5.74) is 7.11. The van der Waals surface area contributed by atoms with Gasteiger partial charge < -0.3 is 9.84 Å². The zero-order valence-corrected chi connectivity index (χ0v) is 16.4. The molecule has 0 aliphatic carbocycles. The molecule has 2 aromatic carbocycles. The number of hydrogen-bond donors (Lipinski definition) is 1. The summed E-state index contributed by atoms with van der Waals surface area (Å²) < 4.78 is 10.3. The van der Waals surface area contributed by atoms with E-state index in [2.05, 4.69) is 48.4 Å². The summed E-state index contributed by atoms with van der Waals surface area (Å²) in [7, 11) is 0. The Morgan fingerprint density at radius 3 is 2.35 bits per heavy atom. The smallest absolute Gasteiger partial charge is 0.244 e. The van der Waals surface area contributed by atoms with Crippen LogP contribution in [0.25, 0.3) is 11.0 Å². The van der Waals surface area contributed by atoms with Crippen molar-refractivity contribution < 1.29 is 14.4 Å². The fourth-order valence-corrected chi connectivity index (χ4v) is 3.42. The van der Waals surface area contributed by atoms with Crippen LogP contribution in [0.15, 0.2) is 36.7 Å². The van der Waals surface area contributed by atoms with Crippen molar-refractivity contribution in [1.29, 1.82) is 0 Å². The van der Waals surface area contributed by atoms with E-state index in [1.165, 1.54) is 16.6 Å². The van der Waals surface area contributed by atoms with Crippen LogP contribution in [-0.4, -0.2) is 22.4 Å². The molecule has 1 heterocycles. The molecule has 1 atom stereocenters. The first-order chi connectivity index (χ1) is 12.4. The Morgan fingerprint density at radius 1 is 1.04 bits per heavy atom. The number of ether oxygens (including phenoxy) is 1. The van der Waals surface area contributed by atoms with Crippen LogP contribution in [0.4, 0.5) is 0 Å². The second-order valence-corrected chi connectivity index (χ2v) is 7.16. The molecule has 0 spiro atoms. The Labute approximate surface area is 155 Å². The van der Waals surface area contributed by atoms with Crippen LogP contribution in [-0.2, 0) is 13.1 Å². The molecule has 0 fully saturated rings. The highest BCUT2D eigenvalue weighted by Gasteiger charge is 2.19. The van der Waals surface area contributed by atoms with Gasteiger partial charge in [0.1, 0.15) is 25.0 Å². The fraction of sp³-hybridized carbons (Fsp3) is 0.409. The van der Waals surface area contributed by atoms with Crippen LogP contribution >= 0.6 is 0 Å². The fourth-order valence-electron chi connectivity index (χ4n) is 3.42. The van der Waals surface area contributed by atoms with Crippen molar-refractivity contribution >= 4 is 11.0 Å². The standard InChI is InChI=1S/C22H29N2O2/c1-6-23-14-24(21-11-18(5)17(4)10-20(21)23)12-19(25)13-26-22-15(2)8-7-9-16(22)3/h7-11,14,19,25H,6,12-13H2,1-5H3/q+1. The van der Waals surface area contributed by atoms with Gasteiger partial charge in [-0.1, -0.05) is 18.2 Å². The van der Waals surface area contributed by atoms with E-state index < -0.39 is 6.10 Å². The lowest BCUT2D eigenvalue weighted by molar-refractivity contribution is -0.679. The van der Waals surface area contributed by atoms with E-state index in [9.17, 15) is 5.11 Å². The summed E-state index contributed by atoms with van der Waals surface area (Å²) in [6.45, 7) is 12.2. The van der Waals surface area contributed by atoms with Gasteiger partial charge in [-0.3, -0.25) is 0 Å². The van der Waals surface area contributed by atoms with Crippen molar-refractivity contribution in [3.05, 3.63) is 58.9 Å². The van der Waals surface area contributed by atoms with Gasteiger partial charge in [-0.15, -0.1) is 0 Å². The molecule has 0 saturated heterocycles. The van der Waals surface area contributed by atoms with Gasteiger partial charge in [-0.05, 0) is 69.0 Å². The minimum Gasteiger partial charge on any atom is -0.490 e. The molecule has 1 unspecified atom stereocenters. The largest absolute Gasteiger partial charge is 0.490 e.